The first kappa shape index (κ1) is 14.4. The Hall–Kier alpha value is -0.660. The van der Waals surface area contributed by atoms with Gasteiger partial charge in [0.05, 0.1) is 18.8 Å². The van der Waals surface area contributed by atoms with E-state index in [2.05, 4.69) is 5.32 Å². The van der Waals surface area contributed by atoms with E-state index in [1.807, 2.05) is 6.92 Å². The Labute approximate surface area is 102 Å². The van der Waals surface area contributed by atoms with Crippen LogP contribution in [0.15, 0.2) is 0 Å². The predicted molar refractivity (Wildman–Crippen MR) is 64.1 cm³/mol. The van der Waals surface area contributed by atoms with Gasteiger partial charge in [-0.15, -0.1) is 0 Å². The monoisotopic (exact) mass is 264 g/mol. The molecule has 0 saturated carbocycles. The van der Waals surface area contributed by atoms with Crippen molar-refractivity contribution < 1.29 is 17.9 Å². The standard InChI is InChI=1S/C10H20N2O4S/c1-3-16-10(13)4-7-17(14,15)12-6-5-11-8-9(12)2/h9,11H,3-8H2,1-2H3/t9-/m1/s1. The number of rotatable bonds is 5. The Morgan fingerprint density at radius 3 is 2.82 bits per heavy atom. The van der Waals surface area contributed by atoms with Crippen molar-refractivity contribution in [3.8, 4) is 0 Å². The van der Waals surface area contributed by atoms with Gasteiger partial charge in [-0.05, 0) is 13.8 Å². The van der Waals surface area contributed by atoms with E-state index in [0.717, 1.165) is 0 Å². The highest BCUT2D eigenvalue weighted by Crippen LogP contribution is 2.11. The zero-order valence-corrected chi connectivity index (χ0v) is 11.1. The first-order chi connectivity index (χ1) is 7.97. The van der Waals surface area contributed by atoms with Gasteiger partial charge < -0.3 is 10.1 Å². The van der Waals surface area contributed by atoms with Crippen molar-refractivity contribution in [3.05, 3.63) is 0 Å². The second-order valence-electron chi connectivity index (χ2n) is 4.03. The van der Waals surface area contributed by atoms with E-state index in [0.29, 0.717) is 19.6 Å². The largest absolute Gasteiger partial charge is 0.466 e. The normalized spacial score (nSPS) is 22.4. The fourth-order valence-electron chi connectivity index (χ4n) is 1.80. The van der Waals surface area contributed by atoms with E-state index < -0.39 is 16.0 Å². The van der Waals surface area contributed by atoms with Crippen LogP contribution in [0.5, 0.6) is 0 Å². The molecular formula is C10H20N2O4S. The zero-order chi connectivity index (χ0) is 12.9. The summed E-state index contributed by atoms with van der Waals surface area (Å²) in [7, 11) is -3.35. The molecule has 0 aromatic rings. The Kier molecular flexibility index (Phi) is 5.35. The van der Waals surface area contributed by atoms with Crippen LogP contribution in [-0.4, -0.2) is 56.7 Å². The van der Waals surface area contributed by atoms with Gasteiger partial charge in [0.2, 0.25) is 10.0 Å². The van der Waals surface area contributed by atoms with E-state index in [1.165, 1.54) is 4.31 Å². The molecule has 0 amide bonds. The fourth-order valence-corrected chi connectivity index (χ4v) is 3.45. The van der Waals surface area contributed by atoms with Crippen LogP contribution in [0.3, 0.4) is 0 Å². The Balaban J connectivity index is 2.52. The van der Waals surface area contributed by atoms with Crippen molar-refractivity contribution in [1.82, 2.24) is 9.62 Å². The number of carbonyl (C=O) groups excluding carboxylic acids is 1. The topological polar surface area (TPSA) is 75.7 Å². The highest BCUT2D eigenvalue weighted by atomic mass is 32.2. The number of hydrogen-bond acceptors (Lipinski definition) is 5. The quantitative estimate of drug-likeness (QED) is 0.682. The molecule has 0 aliphatic carbocycles. The SMILES string of the molecule is CCOC(=O)CCS(=O)(=O)N1CCNC[C@H]1C. The molecule has 6 nitrogen and oxygen atoms in total. The summed E-state index contributed by atoms with van der Waals surface area (Å²) in [5, 5.41) is 3.12. The lowest BCUT2D eigenvalue weighted by Gasteiger charge is -2.32. The number of nitrogens with one attached hydrogen (secondary N) is 1. The van der Waals surface area contributed by atoms with E-state index in [-0.39, 0.29) is 24.8 Å². The van der Waals surface area contributed by atoms with Crippen LogP contribution in [0.4, 0.5) is 0 Å². The van der Waals surface area contributed by atoms with Crippen molar-refractivity contribution in [2.75, 3.05) is 32.0 Å². The van der Waals surface area contributed by atoms with Crippen LogP contribution in [0.2, 0.25) is 0 Å². The number of esters is 1. The van der Waals surface area contributed by atoms with Gasteiger partial charge in [-0.3, -0.25) is 4.79 Å². The second-order valence-corrected chi connectivity index (χ2v) is 6.08. The van der Waals surface area contributed by atoms with E-state index in [4.69, 9.17) is 4.74 Å². The first-order valence-electron chi connectivity index (χ1n) is 5.83. The number of carbonyl (C=O) groups is 1. The molecule has 1 aliphatic heterocycles. The summed E-state index contributed by atoms with van der Waals surface area (Å²) < 4.78 is 30.2. The molecule has 1 rings (SSSR count). The minimum Gasteiger partial charge on any atom is -0.466 e. The molecule has 1 fully saturated rings. The third-order valence-electron chi connectivity index (χ3n) is 2.67. The molecule has 1 N–H and O–H groups in total. The third kappa shape index (κ3) is 4.25. The molecule has 100 valence electrons. The fraction of sp³-hybridized carbons (Fsp3) is 0.900. The molecule has 0 bridgehead atoms. The van der Waals surface area contributed by atoms with Crippen molar-refractivity contribution in [3.63, 3.8) is 0 Å². The van der Waals surface area contributed by atoms with E-state index in [9.17, 15) is 13.2 Å². The van der Waals surface area contributed by atoms with Gasteiger partial charge in [0.15, 0.2) is 0 Å². The van der Waals surface area contributed by atoms with Gasteiger partial charge in [0, 0.05) is 25.7 Å². The third-order valence-corrected chi connectivity index (χ3v) is 4.64. The molecule has 1 saturated heterocycles. The molecule has 1 heterocycles. The van der Waals surface area contributed by atoms with Crippen molar-refractivity contribution in [2.24, 2.45) is 0 Å². The molecule has 0 radical (unpaired) electrons. The van der Waals surface area contributed by atoms with Gasteiger partial charge in [-0.2, -0.15) is 4.31 Å². The van der Waals surface area contributed by atoms with Gasteiger partial charge >= 0.3 is 5.97 Å². The lowest BCUT2D eigenvalue weighted by atomic mass is 10.3. The number of piperazine rings is 1. The highest BCUT2D eigenvalue weighted by molar-refractivity contribution is 7.89. The van der Waals surface area contributed by atoms with Crippen LogP contribution in [0, 0.1) is 0 Å². The minimum absolute atomic E-state index is 0.0593. The van der Waals surface area contributed by atoms with Gasteiger partial charge in [-0.1, -0.05) is 0 Å². The van der Waals surface area contributed by atoms with Gasteiger partial charge in [0.25, 0.3) is 0 Å². The van der Waals surface area contributed by atoms with Crippen LogP contribution in [0.25, 0.3) is 0 Å². The molecule has 0 aromatic heterocycles. The number of sulfonamides is 1. The molecule has 0 aromatic carbocycles. The van der Waals surface area contributed by atoms with Crippen LogP contribution < -0.4 is 5.32 Å². The summed E-state index contributed by atoms with van der Waals surface area (Å²) in [6.45, 7) is 5.61. The van der Waals surface area contributed by atoms with Crippen LogP contribution >= 0.6 is 0 Å². The maximum atomic E-state index is 12.0. The summed E-state index contributed by atoms with van der Waals surface area (Å²) in [5.74, 6) is -0.630. The van der Waals surface area contributed by atoms with E-state index in [1.54, 1.807) is 6.92 Å². The highest BCUT2D eigenvalue weighted by Gasteiger charge is 2.29. The minimum atomic E-state index is -3.35. The second kappa shape index (κ2) is 6.32. The smallest absolute Gasteiger partial charge is 0.306 e. The van der Waals surface area contributed by atoms with Crippen LogP contribution in [-0.2, 0) is 19.6 Å². The number of ether oxygens (including phenoxy) is 1. The zero-order valence-electron chi connectivity index (χ0n) is 10.3. The molecule has 0 unspecified atom stereocenters. The summed E-state index contributed by atoms with van der Waals surface area (Å²) >= 11 is 0. The summed E-state index contributed by atoms with van der Waals surface area (Å²) in [6, 6.07) is -0.0593. The lowest BCUT2D eigenvalue weighted by molar-refractivity contribution is -0.142. The first-order valence-corrected chi connectivity index (χ1v) is 7.44. The summed E-state index contributed by atoms with van der Waals surface area (Å²) in [4.78, 5) is 11.1. The summed E-state index contributed by atoms with van der Waals surface area (Å²) in [6.07, 6.45) is -0.0766. The Bertz CT molecular complexity index is 355. The molecule has 0 spiro atoms. The summed E-state index contributed by atoms with van der Waals surface area (Å²) in [5.41, 5.74) is 0. The predicted octanol–water partition coefficient (Wildman–Crippen LogP) is -0.437. The lowest BCUT2D eigenvalue weighted by Crippen LogP contribution is -2.52. The van der Waals surface area contributed by atoms with Crippen LogP contribution in [0.1, 0.15) is 20.3 Å². The molecule has 17 heavy (non-hydrogen) atoms. The Morgan fingerprint density at radius 1 is 1.53 bits per heavy atom. The maximum Gasteiger partial charge on any atom is 0.306 e. The number of hydrogen-bond donors (Lipinski definition) is 1. The molecule has 1 aliphatic rings. The molecular weight excluding hydrogens is 244 g/mol. The average Bonchev–Trinajstić information content (AvgIpc) is 2.27. The van der Waals surface area contributed by atoms with Crippen molar-refractivity contribution in [2.45, 2.75) is 26.3 Å². The van der Waals surface area contributed by atoms with Gasteiger partial charge in [0.1, 0.15) is 0 Å². The molecule has 1 atom stereocenters. The molecule has 7 heteroatoms. The number of nitrogens with zero attached hydrogens (tertiary/aromatic N) is 1. The Morgan fingerprint density at radius 2 is 2.24 bits per heavy atom. The maximum absolute atomic E-state index is 12.0. The van der Waals surface area contributed by atoms with E-state index >= 15 is 0 Å². The van der Waals surface area contributed by atoms with Crippen molar-refractivity contribution >= 4 is 16.0 Å². The average molecular weight is 264 g/mol. The van der Waals surface area contributed by atoms with Gasteiger partial charge in [-0.25, -0.2) is 8.42 Å². The van der Waals surface area contributed by atoms with Crippen molar-refractivity contribution in [1.29, 1.82) is 0 Å².